The summed E-state index contributed by atoms with van der Waals surface area (Å²) in [6.07, 6.45) is 0. The number of ether oxygens (including phenoxy) is 2. The van der Waals surface area contributed by atoms with E-state index in [1.807, 2.05) is 0 Å². The third-order valence-corrected chi connectivity index (χ3v) is 5.25. The molecule has 0 spiro atoms. The maximum Gasteiger partial charge on any atom is 0.343 e. The lowest BCUT2D eigenvalue weighted by molar-refractivity contribution is 0.0729. The summed E-state index contributed by atoms with van der Waals surface area (Å²) in [5, 5.41) is 19.4. The maximum absolute atomic E-state index is 12.6. The Morgan fingerprint density at radius 3 is 2.50 bits per heavy atom. The third-order valence-electron chi connectivity index (χ3n) is 4.99. The molecule has 2 aromatic heterocycles. The van der Waals surface area contributed by atoms with Crippen LogP contribution in [0.5, 0.6) is 11.5 Å². The van der Waals surface area contributed by atoms with Gasteiger partial charge in [0.1, 0.15) is 0 Å². The second kappa shape index (κ2) is 10.2. The van der Waals surface area contributed by atoms with Crippen LogP contribution < -0.4 is 20.6 Å². The van der Waals surface area contributed by atoms with Crippen LogP contribution in [0, 0.1) is 6.92 Å². The number of methoxy groups -OCH3 is 1. The number of benzene rings is 2. The van der Waals surface area contributed by atoms with Crippen molar-refractivity contribution in [2.45, 2.75) is 13.8 Å². The average molecular weight is 511 g/mol. The van der Waals surface area contributed by atoms with E-state index in [2.05, 4.69) is 35.8 Å². The smallest absolute Gasteiger partial charge is 0.343 e. The first-order chi connectivity index (χ1) is 17.3. The number of nitrogens with one attached hydrogen (secondary N) is 1. The molecule has 1 amide bonds. The first kappa shape index (κ1) is 24.3. The predicted octanol–water partition coefficient (Wildman–Crippen LogP) is 2.58. The Balaban J connectivity index is 1.47. The fourth-order valence-corrected chi connectivity index (χ4v) is 3.18. The second-order valence-electron chi connectivity index (χ2n) is 7.31. The Labute approximate surface area is 208 Å². The molecule has 0 atom stereocenters. The van der Waals surface area contributed by atoms with E-state index in [1.54, 1.807) is 56.3 Å². The zero-order valence-electron chi connectivity index (χ0n) is 19.2. The van der Waals surface area contributed by atoms with Gasteiger partial charge < -0.3 is 15.2 Å². The summed E-state index contributed by atoms with van der Waals surface area (Å²) in [7, 11) is 1.44. The minimum Gasteiger partial charge on any atom is -0.493 e. The molecular formula is C22H19ClN8O5. The molecule has 0 aliphatic rings. The summed E-state index contributed by atoms with van der Waals surface area (Å²) < 4.78 is 16.6. The third kappa shape index (κ3) is 5.00. The standard InChI is InChI=1S/C22H19ClN8O5/c1-11(25-27-21(32)18-12(2)31(30-26-18)20-19(24)28-36-29-20)14-6-9-16(17(10-14)34-3)35-22(33)13-4-7-15(23)8-5-13/h4-10H,1-3H3,(H2,24,28)(H,27,32)/b25-11-. The number of anilines is 1. The highest BCUT2D eigenvalue weighted by atomic mass is 35.5. The lowest BCUT2D eigenvalue weighted by Crippen LogP contribution is -2.21. The van der Waals surface area contributed by atoms with Gasteiger partial charge in [-0.15, -0.1) is 5.10 Å². The fraction of sp³-hybridized carbons (Fsp3) is 0.136. The van der Waals surface area contributed by atoms with Crippen molar-refractivity contribution in [3.63, 3.8) is 0 Å². The summed E-state index contributed by atoms with van der Waals surface area (Å²) in [5.41, 5.74) is 9.86. The number of carbonyl (C=O) groups excluding carboxylic acids is 2. The van der Waals surface area contributed by atoms with Crippen molar-refractivity contribution in [2.24, 2.45) is 5.10 Å². The zero-order chi connectivity index (χ0) is 25.8. The molecule has 13 nitrogen and oxygen atoms in total. The summed E-state index contributed by atoms with van der Waals surface area (Å²) in [6, 6.07) is 11.2. The van der Waals surface area contributed by atoms with Gasteiger partial charge in [0, 0.05) is 10.6 Å². The quantitative estimate of drug-likeness (QED) is 0.163. The number of halogens is 1. The van der Waals surface area contributed by atoms with Crippen LogP contribution in [0.3, 0.4) is 0 Å². The Morgan fingerprint density at radius 1 is 1.11 bits per heavy atom. The van der Waals surface area contributed by atoms with E-state index in [0.717, 1.165) is 0 Å². The number of nitrogens with zero attached hydrogens (tertiary/aromatic N) is 6. The van der Waals surface area contributed by atoms with Crippen LogP contribution in [0.2, 0.25) is 5.02 Å². The number of nitrogens with two attached hydrogens (primary N) is 1. The highest BCUT2D eigenvalue weighted by Gasteiger charge is 2.21. The summed E-state index contributed by atoms with van der Waals surface area (Å²) in [5.74, 6) is -0.543. The molecule has 2 aromatic carbocycles. The molecule has 3 N–H and O–H groups in total. The monoisotopic (exact) mass is 510 g/mol. The molecule has 0 aliphatic carbocycles. The molecule has 4 rings (SSSR count). The Morgan fingerprint density at radius 2 is 1.83 bits per heavy atom. The van der Waals surface area contributed by atoms with Crippen LogP contribution in [0.15, 0.2) is 52.2 Å². The van der Waals surface area contributed by atoms with Gasteiger partial charge in [0.05, 0.1) is 24.1 Å². The van der Waals surface area contributed by atoms with Gasteiger partial charge in [0.2, 0.25) is 11.6 Å². The predicted molar refractivity (Wildman–Crippen MR) is 127 cm³/mol. The molecule has 184 valence electrons. The fourth-order valence-electron chi connectivity index (χ4n) is 3.05. The minimum absolute atomic E-state index is 0.0000582. The van der Waals surface area contributed by atoms with E-state index in [-0.39, 0.29) is 23.1 Å². The molecule has 0 saturated carbocycles. The topological polar surface area (TPSA) is 173 Å². The number of carbonyl (C=O) groups is 2. The molecule has 2 heterocycles. The average Bonchev–Trinajstić information content (AvgIpc) is 3.47. The Bertz CT molecular complexity index is 1460. The number of amides is 1. The van der Waals surface area contributed by atoms with E-state index in [0.29, 0.717) is 33.3 Å². The van der Waals surface area contributed by atoms with E-state index >= 15 is 0 Å². The van der Waals surface area contributed by atoms with Crippen LogP contribution in [-0.2, 0) is 0 Å². The molecule has 0 bridgehead atoms. The number of rotatable bonds is 7. The highest BCUT2D eigenvalue weighted by molar-refractivity contribution is 6.30. The SMILES string of the molecule is COc1cc(/C(C)=N\NC(=O)c2nnn(-c3nonc3N)c2C)ccc1OC(=O)c1ccc(Cl)cc1. The largest absolute Gasteiger partial charge is 0.493 e. The van der Waals surface area contributed by atoms with Crippen LogP contribution >= 0.6 is 11.6 Å². The number of hydrogen-bond acceptors (Lipinski definition) is 11. The number of aromatic nitrogens is 5. The zero-order valence-corrected chi connectivity index (χ0v) is 20.0. The number of hydrogen-bond donors (Lipinski definition) is 2. The summed E-state index contributed by atoms with van der Waals surface area (Å²) in [4.78, 5) is 25.0. The van der Waals surface area contributed by atoms with Gasteiger partial charge in [-0.1, -0.05) is 16.8 Å². The van der Waals surface area contributed by atoms with Crippen LogP contribution in [0.4, 0.5) is 5.82 Å². The minimum atomic E-state index is -0.603. The molecule has 36 heavy (non-hydrogen) atoms. The molecule has 14 heteroatoms. The normalized spacial score (nSPS) is 11.3. The highest BCUT2D eigenvalue weighted by Crippen LogP contribution is 2.29. The molecule has 0 saturated heterocycles. The van der Waals surface area contributed by atoms with Gasteiger partial charge in [-0.25, -0.2) is 14.8 Å². The maximum atomic E-state index is 12.6. The van der Waals surface area contributed by atoms with Crippen LogP contribution in [0.1, 0.15) is 39.0 Å². The lowest BCUT2D eigenvalue weighted by Gasteiger charge is -2.11. The summed E-state index contributed by atoms with van der Waals surface area (Å²) >= 11 is 5.86. The van der Waals surface area contributed by atoms with Crippen molar-refractivity contribution in [3.05, 3.63) is 70.0 Å². The van der Waals surface area contributed by atoms with Gasteiger partial charge in [-0.3, -0.25) is 4.79 Å². The van der Waals surface area contributed by atoms with Crippen LogP contribution in [0.25, 0.3) is 5.82 Å². The summed E-state index contributed by atoms with van der Waals surface area (Å²) in [6.45, 7) is 3.29. The molecule has 0 unspecified atom stereocenters. The van der Waals surface area contributed by atoms with Crippen molar-refractivity contribution < 1.29 is 23.7 Å². The Hall–Kier alpha value is -4.78. The molecule has 0 aliphatic heterocycles. The van der Waals surface area contributed by atoms with Crippen molar-refractivity contribution in [3.8, 4) is 17.3 Å². The Kier molecular flexibility index (Phi) is 6.92. The van der Waals surface area contributed by atoms with E-state index in [9.17, 15) is 9.59 Å². The molecule has 0 fully saturated rings. The van der Waals surface area contributed by atoms with Gasteiger partial charge in [-0.2, -0.15) is 9.78 Å². The van der Waals surface area contributed by atoms with Gasteiger partial charge in [0.25, 0.3) is 5.91 Å². The van der Waals surface area contributed by atoms with Crippen molar-refractivity contribution in [1.29, 1.82) is 0 Å². The van der Waals surface area contributed by atoms with E-state index in [1.165, 1.54) is 11.8 Å². The van der Waals surface area contributed by atoms with Crippen molar-refractivity contribution in [1.82, 2.24) is 30.7 Å². The van der Waals surface area contributed by atoms with Gasteiger partial charge >= 0.3 is 5.97 Å². The van der Waals surface area contributed by atoms with Crippen LogP contribution in [-0.4, -0.2) is 50.0 Å². The van der Waals surface area contributed by atoms with Crippen molar-refractivity contribution >= 4 is 35.0 Å². The van der Waals surface area contributed by atoms with E-state index < -0.39 is 11.9 Å². The van der Waals surface area contributed by atoms with Gasteiger partial charge in [-0.05, 0) is 66.6 Å². The van der Waals surface area contributed by atoms with E-state index in [4.69, 9.17) is 26.8 Å². The number of nitrogen functional groups attached to an aromatic ring is 1. The first-order valence-corrected chi connectivity index (χ1v) is 10.7. The first-order valence-electron chi connectivity index (χ1n) is 10.3. The second-order valence-corrected chi connectivity index (χ2v) is 7.74. The molecule has 4 aromatic rings. The van der Waals surface area contributed by atoms with Gasteiger partial charge in [0.15, 0.2) is 17.2 Å². The number of hydrazone groups is 1. The molecule has 0 radical (unpaired) electrons. The lowest BCUT2D eigenvalue weighted by atomic mass is 10.1. The number of esters is 1. The molecular weight excluding hydrogens is 492 g/mol. The van der Waals surface area contributed by atoms with Crippen molar-refractivity contribution in [2.75, 3.05) is 12.8 Å².